The number of amides is 1. The van der Waals surface area contributed by atoms with Crippen molar-refractivity contribution in [3.05, 3.63) is 36.2 Å². The summed E-state index contributed by atoms with van der Waals surface area (Å²) in [5.74, 6) is 1.15. The zero-order chi connectivity index (χ0) is 15.4. The zero-order valence-electron chi connectivity index (χ0n) is 12.4. The third kappa shape index (κ3) is 3.79. The molecule has 22 heavy (non-hydrogen) atoms. The minimum atomic E-state index is -0.00818. The topological polar surface area (TPSA) is 69.0 Å². The van der Waals surface area contributed by atoms with Gasteiger partial charge in [-0.2, -0.15) is 0 Å². The fourth-order valence-electron chi connectivity index (χ4n) is 2.06. The van der Waals surface area contributed by atoms with Crippen molar-refractivity contribution in [2.24, 2.45) is 0 Å². The minimum absolute atomic E-state index is 0.00818. The Balaban J connectivity index is 1.44. The molecule has 1 fully saturated rings. The van der Waals surface area contributed by atoms with E-state index in [9.17, 15) is 4.79 Å². The zero-order valence-corrected chi connectivity index (χ0v) is 13.2. The summed E-state index contributed by atoms with van der Waals surface area (Å²) in [5.41, 5.74) is 1.04. The highest BCUT2D eigenvalue weighted by atomic mass is 32.2. The standard InChI is InChI=1S/C15H18N4O2S/c1-21-13-6-2-11(3-7-13)8-16-14(20)9-22-15-18-17-10-19(15)12-4-5-12/h2-3,6-7,10,12H,4-5,8-9H2,1H3,(H,16,20). The number of carbonyl (C=O) groups excluding carboxylic acids is 1. The molecule has 0 saturated heterocycles. The molecule has 1 heterocycles. The number of carbonyl (C=O) groups is 1. The molecule has 1 aliphatic rings. The van der Waals surface area contributed by atoms with Crippen molar-refractivity contribution >= 4 is 17.7 Å². The van der Waals surface area contributed by atoms with Crippen LogP contribution in [0.15, 0.2) is 35.7 Å². The maximum absolute atomic E-state index is 11.9. The Labute approximate surface area is 133 Å². The van der Waals surface area contributed by atoms with Gasteiger partial charge in [-0.3, -0.25) is 4.79 Å². The molecule has 116 valence electrons. The number of hydrogen-bond acceptors (Lipinski definition) is 5. The molecule has 0 bridgehead atoms. The smallest absolute Gasteiger partial charge is 0.230 e. The predicted octanol–water partition coefficient (Wildman–Crippen LogP) is 2.03. The van der Waals surface area contributed by atoms with Crippen molar-refractivity contribution in [3.8, 4) is 5.75 Å². The van der Waals surface area contributed by atoms with Gasteiger partial charge >= 0.3 is 0 Å². The molecule has 1 N–H and O–H groups in total. The second-order valence-corrected chi connectivity index (χ2v) is 6.11. The third-order valence-corrected chi connectivity index (χ3v) is 4.42. The van der Waals surface area contributed by atoms with E-state index >= 15 is 0 Å². The van der Waals surface area contributed by atoms with Crippen molar-refractivity contribution in [2.45, 2.75) is 30.6 Å². The Morgan fingerprint density at radius 2 is 2.18 bits per heavy atom. The Morgan fingerprint density at radius 1 is 1.41 bits per heavy atom. The van der Waals surface area contributed by atoms with Crippen molar-refractivity contribution in [1.82, 2.24) is 20.1 Å². The Hall–Kier alpha value is -2.02. The van der Waals surface area contributed by atoms with Crippen LogP contribution in [0.2, 0.25) is 0 Å². The van der Waals surface area contributed by atoms with Crippen LogP contribution < -0.4 is 10.1 Å². The van der Waals surface area contributed by atoms with Crippen molar-refractivity contribution in [2.75, 3.05) is 12.9 Å². The number of nitrogens with one attached hydrogen (secondary N) is 1. The maximum atomic E-state index is 11.9. The lowest BCUT2D eigenvalue weighted by atomic mass is 10.2. The molecule has 0 spiro atoms. The van der Waals surface area contributed by atoms with Crippen LogP contribution >= 0.6 is 11.8 Å². The van der Waals surface area contributed by atoms with Crippen LogP contribution in [0.1, 0.15) is 24.4 Å². The number of methoxy groups -OCH3 is 1. The molecule has 7 heteroatoms. The van der Waals surface area contributed by atoms with Gasteiger partial charge in [0.05, 0.1) is 12.9 Å². The van der Waals surface area contributed by atoms with Crippen LogP contribution in [0.25, 0.3) is 0 Å². The number of hydrogen-bond donors (Lipinski definition) is 1. The predicted molar refractivity (Wildman–Crippen MR) is 83.9 cm³/mol. The molecular weight excluding hydrogens is 300 g/mol. The average molecular weight is 318 g/mol. The SMILES string of the molecule is COc1ccc(CNC(=O)CSc2nncn2C2CC2)cc1. The molecule has 1 amide bonds. The Bertz CT molecular complexity index is 637. The van der Waals surface area contributed by atoms with E-state index in [1.165, 1.54) is 24.6 Å². The maximum Gasteiger partial charge on any atom is 0.230 e. The normalized spacial score (nSPS) is 13.9. The van der Waals surface area contributed by atoms with E-state index in [4.69, 9.17) is 4.74 Å². The first kappa shape index (κ1) is 14.9. The first-order valence-corrected chi connectivity index (χ1v) is 8.17. The van der Waals surface area contributed by atoms with Crippen molar-refractivity contribution < 1.29 is 9.53 Å². The largest absolute Gasteiger partial charge is 0.497 e. The minimum Gasteiger partial charge on any atom is -0.497 e. The molecule has 1 aromatic carbocycles. The van der Waals surface area contributed by atoms with E-state index in [0.29, 0.717) is 18.3 Å². The average Bonchev–Trinajstić information content (AvgIpc) is 3.29. The number of thioether (sulfide) groups is 1. The lowest BCUT2D eigenvalue weighted by Crippen LogP contribution is -2.24. The fraction of sp³-hybridized carbons (Fsp3) is 0.400. The van der Waals surface area contributed by atoms with Gasteiger partial charge in [0.2, 0.25) is 5.91 Å². The molecule has 1 aromatic heterocycles. The Kier molecular flexibility index (Phi) is 4.62. The van der Waals surface area contributed by atoms with Crippen LogP contribution in [0, 0.1) is 0 Å². The number of ether oxygens (including phenoxy) is 1. The third-order valence-electron chi connectivity index (χ3n) is 3.46. The van der Waals surface area contributed by atoms with Gasteiger partial charge in [0, 0.05) is 12.6 Å². The van der Waals surface area contributed by atoms with Gasteiger partial charge in [-0.1, -0.05) is 23.9 Å². The fourth-order valence-corrected chi connectivity index (χ4v) is 2.88. The van der Waals surface area contributed by atoms with Crippen LogP contribution in [-0.2, 0) is 11.3 Å². The molecule has 3 rings (SSSR count). The van der Waals surface area contributed by atoms with E-state index < -0.39 is 0 Å². The quantitative estimate of drug-likeness (QED) is 0.791. The highest BCUT2D eigenvalue weighted by Gasteiger charge is 2.26. The van der Waals surface area contributed by atoms with E-state index in [1.807, 2.05) is 24.3 Å². The van der Waals surface area contributed by atoms with Gasteiger partial charge in [-0.15, -0.1) is 10.2 Å². The summed E-state index contributed by atoms with van der Waals surface area (Å²) >= 11 is 1.43. The highest BCUT2D eigenvalue weighted by Crippen LogP contribution is 2.37. The molecule has 2 aromatic rings. The van der Waals surface area contributed by atoms with E-state index in [0.717, 1.165) is 16.5 Å². The first-order valence-electron chi connectivity index (χ1n) is 7.18. The van der Waals surface area contributed by atoms with Crippen LogP contribution in [0.3, 0.4) is 0 Å². The Morgan fingerprint density at radius 3 is 2.86 bits per heavy atom. The van der Waals surface area contributed by atoms with Gasteiger partial charge in [-0.05, 0) is 30.5 Å². The summed E-state index contributed by atoms with van der Waals surface area (Å²) in [5, 5.41) is 11.7. The van der Waals surface area contributed by atoms with E-state index in [-0.39, 0.29) is 5.91 Å². The molecule has 0 atom stereocenters. The van der Waals surface area contributed by atoms with Crippen LogP contribution in [0.5, 0.6) is 5.75 Å². The van der Waals surface area contributed by atoms with E-state index in [2.05, 4.69) is 20.1 Å². The first-order chi connectivity index (χ1) is 10.8. The molecule has 1 aliphatic carbocycles. The number of nitrogens with zero attached hydrogens (tertiary/aromatic N) is 3. The summed E-state index contributed by atoms with van der Waals surface area (Å²) in [6, 6.07) is 8.18. The van der Waals surface area contributed by atoms with Crippen molar-refractivity contribution in [3.63, 3.8) is 0 Å². The molecule has 1 saturated carbocycles. The molecule has 0 aliphatic heterocycles. The lowest BCUT2D eigenvalue weighted by Gasteiger charge is -2.07. The summed E-state index contributed by atoms with van der Waals surface area (Å²) in [6.07, 6.45) is 4.10. The summed E-state index contributed by atoms with van der Waals surface area (Å²) in [7, 11) is 1.63. The molecule has 0 unspecified atom stereocenters. The second kappa shape index (κ2) is 6.83. The summed E-state index contributed by atoms with van der Waals surface area (Å²) in [6.45, 7) is 0.513. The van der Waals surface area contributed by atoms with Crippen LogP contribution in [0.4, 0.5) is 0 Å². The lowest BCUT2D eigenvalue weighted by molar-refractivity contribution is -0.118. The van der Waals surface area contributed by atoms with Gasteiger partial charge in [-0.25, -0.2) is 0 Å². The van der Waals surface area contributed by atoms with Crippen LogP contribution in [-0.4, -0.2) is 33.5 Å². The molecular formula is C15H18N4O2S. The van der Waals surface area contributed by atoms with Gasteiger partial charge < -0.3 is 14.6 Å². The number of aromatic nitrogens is 3. The van der Waals surface area contributed by atoms with Gasteiger partial charge in [0.15, 0.2) is 5.16 Å². The summed E-state index contributed by atoms with van der Waals surface area (Å²) in [4.78, 5) is 11.9. The summed E-state index contributed by atoms with van der Waals surface area (Å²) < 4.78 is 7.16. The number of benzene rings is 1. The molecule has 6 nitrogen and oxygen atoms in total. The van der Waals surface area contributed by atoms with Gasteiger partial charge in [0.1, 0.15) is 12.1 Å². The monoisotopic (exact) mass is 318 g/mol. The molecule has 0 radical (unpaired) electrons. The van der Waals surface area contributed by atoms with Gasteiger partial charge in [0.25, 0.3) is 0 Å². The van der Waals surface area contributed by atoms with E-state index in [1.54, 1.807) is 13.4 Å². The highest BCUT2D eigenvalue weighted by molar-refractivity contribution is 7.99. The van der Waals surface area contributed by atoms with Crippen molar-refractivity contribution in [1.29, 1.82) is 0 Å². The second-order valence-electron chi connectivity index (χ2n) is 5.17. The number of rotatable bonds is 7.